The predicted molar refractivity (Wildman–Crippen MR) is 88.0 cm³/mol. The number of hydrogen-bond acceptors (Lipinski definition) is 3. The van der Waals surface area contributed by atoms with Gasteiger partial charge in [0.25, 0.3) is 0 Å². The van der Waals surface area contributed by atoms with E-state index in [2.05, 4.69) is 48.4 Å². The van der Waals surface area contributed by atoms with Gasteiger partial charge in [-0.2, -0.15) is 0 Å². The Morgan fingerprint density at radius 1 is 1.00 bits per heavy atom. The fraction of sp³-hybridized carbons (Fsp3) is 0.222. The topological polar surface area (TPSA) is 56.7 Å². The van der Waals surface area contributed by atoms with Gasteiger partial charge in [-0.05, 0) is 36.6 Å². The molecule has 4 heteroatoms. The summed E-state index contributed by atoms with van der Waals surface area (Å²) in [5, 5.41) is 8.61. The molecule has 0 saturated carbocycles. The highest BCUT2D eigenvalue weighted by Crippen LogP contribution is 2.21. The van der Waals surface area contributed by atoms with Crippen molar-refractivity contribution in [3.63, 3.8) is 0 Å². The minimum Gasteiger partial charge on any atom is -0.325 e. The molecule has 4 nitrogen and oxygen atoms in total. The van der Waals surface area contributed by atoms with Crippen LogP contribution in [-0.2, 0) is 13.0 Å². The molecule has 1 heterocycles. The highest BCUT2D eigenvalue weighted by molar-refractivity contribution is 5.45. The molecule has 0 aliphatic carbocycles. The number of aryl methyl sites for hydroxylation is 1. The van der Waals surface area contributed by atoms with Gasteiger partial charge in [-0.25, -0.2) is 4.68 Å². The highest BCUT2D eigenvalue weighted by Gasteiger charge is 2.15. The number of rotatable bonds is 4. The van der Waals surface area contributed by atoms with Crippen LogP contribution in [0, 0.1) is 13.8 Å². The summed E-state index contributed by atoms with van der Waals surface area (Å²) in [5.41, 5.74) is 12.5. The molecule has 112 valence electrons. The van der Waals surface area contributed by atoms with E-state index in [-0.39, 0.29) is 0 Å². The van der Waals surface area contributed by atoms with Crippen LogP contribution in [0.3, 0.4) is 0 Å². The minimum atomic E-state index is 0.396. The molecule has 0 bridgehead atoms. The predicted octanol–water partition coefficient (Wildman–Crippen LogP) is 2.93. The van der Waals surface area contributed by atoms with Gasteiger partial charge in [-0.3, -0.25) is 0 Å². The first kappa shape index (κ1) is 14.5. The molecule has 1 aromatic heterocycles. The summed E-state index contributed by atoms with van der Waals surface area (Å²) in [7, 11) is 0. The van der Waals surface area contributed by atoms with Crippen LogP contribution in [0.25, 0.3) is 5.69 Å². The van der Waals surface area contributed by atoms with Crippen LogP contribution in [0.15, 0.2) is 48.5 Å². The number of nitrogens with zero attached hydrogens (tertiary/aromatic N) is 3. The third-order valence-corrected chi connectivity index (χ3v) is 4.06. The van der Waals surface area contributed by atoms with E-state index in [1.807, 2.05) is 28.9 Å². The molecule has 0 radical (unpaired) electrons. The zero-order valence-corrected chi connectivity index (χ0v) is 13.0. The van der Waals surface area contributed by atoms with Crippen LogP contribution in [0.1, 0.15) is 28.1 Å². The zero-order chi connectivity index (χ0) is 15.5. The van der Waals surface area contributed by atoms with Crippen molar-refractivity contribution in [2.75, 3.05) is 0 Å². The quantitative estimate of drug-likeness (QED) is 0.804. The number of nitrogens with two attached hydrogens (primary N) is 1. The molecule has 0 unspecified atom stereocenters. The van der Waals surface area contributed by atoms with Crippen molar-refractivity contribution < 1.29 is 0 Å². The largest absolute Gasteiger partial charge is 0.325 e. The van der Waals surface area contributed by atoms with Gasteiger partial charge in [-0.1, -0.05) is 47.7 Å². The van der Waals surface area contributed by atoms with Crippen molar-refractivity contribution in [1.82, 2.24) is 15.0 Å². The van der Waals surface area contributed by atoms with E-state index < -0.39 is 0 Å². The molecular weight excluding hydrogens is 272 g/mol. The number of aromatic nitrogens is 3. The molecule has 3 aromatic rings. The number of benzene rings is 2. The summed E-state index contributed by atoms with van der Waals surface area (Å²) < 4.78 is 1.93. The first-order chi connectivity index (χ1) is 10.7. The Bertz CT molecular complexity index is 775. The van der Waals surface area contributed by atoms with Crippen LogP contribution in [-0.4, -0.2) is 15.0 Å². The van der Waals surface area contributed by atoms with E-state index in [1.165, 1.54) is 16.7 Å². The Morgan fingerprint density at radius 2 is 1.77 bits per heavy atom. The molecule has 0 fully saturated rings. The summed E-state index contributed by atoms with van der Waals surface area (Å²) in [5.74, 6) is 0. The van der Waals surface area contributed by atoms with Crippen molar-refractivity contribution >= 4 is 0 Å². The van der Waals surface area contributed by atoms with Gasteiger partial charge in [0.05, 0.1) is 11.4 Å². The van der Waals surface area contributed by atoms with Crippen molar-refractivity contribution in [3.8, 4) is 5.69 Å². The Morgan fingerprint density at radius 3 is 2.50 bits per heavy atom. The molecular formula is C18H20N4. The second kappa shape index (κ2) is 6.12. The lowest BCUT2D eigenvalue weighted by Crippen LogP contribution is -2.08. The monoisotopic (exact) mass is 292 g/mol. The second-order valence-corrected chi connectivity index (χ2v) is 5.48. The molecule has 0 spiro atoms. The lowest BCUT2D eigenvalue weighted by atomic mass is 10.1. The van der Waals surface area contributed by atoms with Crippen molar-refractivity contribution in [2.45, 2.75) is 26.8 Å². The average Bonchev–Trinajstić information content (AvgIpc) is 2.93. The standard InChI is InChI=1S/C18H20N4/c1-13-7-6-10-17(14(13)2)22-18(16(12-19)20-21-22)11-15-8-4-3-5-9-15/h3-10H,11-12,19H2,1-2H3. The Labute approximate surface area is 130 Å². The van der Waals surface area contributed by atoms with Gasteiger partial charge in [0, 0.05) is 13.0 Å². The number of hydrogen-bond donors (Lipinski definition) is 1. The first-order valence-corrected chi connectivity index (χ1v) is 7.44. The SMILES string of the molecule is Cc1cccc(-n2nnc(CN)c2Cc2ccccc2)c1C. The molecule has 2 aromatic carbocycles. The Hall–Kier alpha value is -2.46. The van der Waals surface area contributed by atoms with Gasteiger partial charge in [-0.15, -0.1) is 5.10 Å². The fourth-order valence-electron chi connectivity index (χ4n) is 2.62. The molecule has 3 rings (SSSR count). The van der Waals surface area contributed by atoms with Crippen molar-refractivity contribution in [2.24, 2.45) is 5.73 Å². The van der Waals surface area contributed by atoms with E-state index in [4.69, 9.17) is 5.73 Å². The van der Waals surface area contributed by atoms with Crippen molar-refractivity contribution in [3.05, 3.63) is 76.6 Å². The van der Waals surface area contributed by atoms with Crippen LogP contribution in [0.5, 0.6) is 0 Å². The third-order valence-electron chi connectivity index (χ3n) is 4.06. The van der Waals surface area contributed by atoms with Gasteiger partial charge < -0.3 is 5.73 Å². The van der Waals surface area contributed by atoms with Crippen LogP contribution in [0.2, 0.25) is 0 Å². The lowest BCUT2D eigenvalue weighted by Gasteiger charge is -2.12. The third kappa shape index (κ3) is 2.65. The summed E-state index contributed by atoms with van der Waals surface area (Å²) in [6, 6.07) is 16.6. The minimum absolute atomic E-state index is 0.396. The molecule has 0 aliphatic heterocycles. The summed E-state index contributed by atoms with van der Waals surface area (Å²) in [4.78, 5) is 0. The van der Waals surface area contributed by atoms with Gasteiger partial charge >= 0.3 is 0 Å². The van der Waals surface area contributed by atoms with E-state index in [1.54, 1.807) is 0 Å². The van der Waals surface area contributed by atoms with Crippen LogP contribution < -0.4 is 5.73 Å². The van der Waals surface area contributed by atoms with Gasteiger partial charge in [0.15, 0.2) is 0 Å². The first-order valence-electron chi connectivity index (χ1n) is 7.44. The van der Waals surface area contributed by atoms with Crippen LogP contribution in [0.4, 0.5) is 0 Å². The molecule has 0 amide bonds. The van der Waals surface area contributed by atoms with Gasteiger partial charge in [0.2, 0.25) is 0 Å². The van der Waals surface area contributed by atoms with Crippen LogP contribution >= 0.6 is 0 Å². The van der Waals surface area contributed by atoms with E-state index >= 15 is 0 Å². The van der Waals surface area contributed by atoms with E-state index in [0.29, 0.717) is 6.54 Å². The molecule has 2 N–H and O–H groups in total. The maximum atomic E-state index is 5.85. The smallest absolute Gasteiger partial charge is 0.100 e. The summed E-state index contributed by atoms with van der Waals surface area (Å²) >= 11 is 0. The Balaban J connectivity index is 2.09. The fourth-order valence-corrected chi connectivity index (χ4v) is 2.62. The Kier molecular flexibility index (Phi) is 4.02. The summed E-state index contributed by atoms with van der Waals surface area (Å²) in [6.07, 6.45) is 0.772. The zero-order valence-electron chi connectivity index (χ0n) is 13.0. The second-order valence-electron chi connectivity index (χ2n) is 5.48. The molecule has 0 saturated heterocycles. The molecule has 0 atom stereocenters. The normalized spacial score (nSPS) is 10.9. The van der Waals surface area contributed by atoms with E-state index in [9.17, 15) is 0 Å². The summed E-state index contributed by atoms with van der Waals surface area (Å²) in [6.45, 7) is 4.62. The van der Waals surface area contributed by atoms with E-state index in [0.717, 1.165) is 23.5 Å². The average molecular weight is 292 g/mol. The highest BCUT2D eigenvalue weighted by atomic mass is 15.4. The van der Waals surface area contributed by atoms with Gasteiger partial charge in [0.1, 0.15) is 5.69 Å². The van der Waals surface area contributed by atoms with Crippen molar-refractivity contribution in [1.29, 1.82) is 0 Å². The maximum Gasteiger partial charge on any atom is 0.100 e. The lowest BCUT2D eigenvalue weighted by molar-refractivity contribution is 0.766. The maximum absolute atomic E-state index is 5.85. The molecule has 0 aliphatic rings. The molecule has 22 heavy (non-hydrogen) atoms.